The predicted octanol–water partition coefficient (Wildman–Crippen LogP) is 2.21. The molecule has 0 aliphatic heterocycles. The van der Waals surface area contributed by atoms with Crippen LogP contribution in [0.3, 0.4) is 0 Å². The highest BCUT2D eigenvalue weighted by Crippen LogP contribution is 2.20. The summed E-state index contributed by atoms with van der Waals surface area (Å²) in [6, 6.07) is 5.34. The van der Waals surface area contributed by atoms with E-state index >= 15 is 0 Å². The maximum Gasteiger partial charge on any atom is 0.323 e. The summed E-state index contributed by atoms with van der Waals surface area (Å²) >= 11 is 5.36. The van der Waals surface area contributed by atoms with Crippen LogP contribution in [0.25, 0.3) is 0 Å². The highest BCUT2D eigenvalue weighted by atomic mass is 127. The van der Waals surface area contributed by atoms with Crippen LogP contribution in [0, 0.1) is 3.57 Å². The predicted molar refractivity (Wildman–Crippen MR) is 71.5 cm³/mol. The SMILES string of the molecule is CN(CC(=O)O)C(=O)c1cc(I)ccc1Br. The lowest BCUT2D eigenvalue weighted by Gasteiger charge is -2.15. The van der Waals surface area contributed by atoms with Crippen LogP contribution in [0.5, 0.6) is 0 Å². The van der Waals surface area contributed by atoms with Gasteiger partial charge < -0.3 is 10.0 Å². The quantitative estimate of drug-likeness (QED) is 0.795. The van der Waals surface area contributed by atoms with Crippen molar-refractivity contribution in [3.8, 4) is 0 Å². The third kappa shape index (κ3) is 3.44. The van der Waals surface area contributed by atoms with Gasteiger partial charge in [0.1, 0.15) is 6.54 Å². The van der Waals surface area contributed by atoms with Gasteiger partial charge in [-0.25, -0.2) is 0 Å². The van der Waals surface area contributed by atoms with Crippen molar-refractivity contribution in [2.24, 2.45) is 0 Å². The second-order valence-corrected chi connectivity index (χ2v) is 5.28. The second kappa shape index (κ2) is 5.62. The molecule has 0 atom stereocenters. The van der Waals surface area contributed by atoms with E-state index in [1.54, 1.807) is 12.1 Å². The van der Waals surface area contributed by atoms with Gasteiger partial charge >= 0.3 is 5.97 Å². The zero-order valence-electron chi connectivity index (χ0n) is 8.41. The summed E-state index contributed by atoms with van der Waals surface area (Å²) in [6.07, 6.45) is 0. The average molecular weight is 398 g/mol. The zero-order valence-corrected chi connectivity index (χ0v) is 12.1. The fourth-order valence-corrected chi connectivity index (χ4v) is 2.05. The Labute approximate surface area is 115 Å². The maximum absolute atomic E-state index is 11.9. The Morgan fingerprint density at radius 2 is 2.12 bits per heavy atom. The van der Waals surface area contributed by atoms with Crippen molar-refractivity contribution in [2.45, 2.75) is 0 Å². The molecule has 0 heterocycles. The van der Waals surface area contributed by atoms with Gasteiger partial charge in [-0.1, -0.05) is 0 Å². The summed E-state index contributed by atoms with van der Waals surface area (Å²) in [7, 11) is 1.46. The first-order valence-corrected chi connectivity index (χ1v) is 6.21. The van der Waals surface area contributed by atoms with Crippen LogP contribution in [0.2, 0.25) is 0 Å². The van der Waals surface area contributed by atoms with Gasteiger partial charge in [-0.15, -0.1) is 0 Å². The van der Waals surface area contributed by atoms with Crippen molar-refractivity contribution in [1.82, 2.24) is 4.90 Å². The number of likely N-dealkylation sites (N-methyl/N-ethyl adjacent to an activating group) is 1. The van der Waals surface area contributed by atoms with E-state index in [1.165, 1.54) is 11.9 Å². The lowest BCUT2D eigenvalue weighted by atomic mass is 10.2. The van der Waals surface area contributed by atoms with Gasteiger partial charge in [-0.2, -0.15) is 0 Å². The number of benzene rings is 1. The molecule has 0 saturated carbocycles. The number of halogens is 2. The van der Waals surface area contributed by atoms with Gasteiger partial charge in [0.25, 0.3) is 5.91 Å². The number of nitrogens with zero attached hydrogens (tertiary/aromatic N) is 1. The molecule has 0 saturated heterocycles. The van der Waals surface area contributed by atoms with Crippen molar-refractivity contribution < 1.29 is 14.7 Å². The molecule has 86 valence electrons. The van der Waals surface area contributed by atoms with Crippen LogP contribution < -0.4 is 0 Å². The van der Waals surface area contributed by atoms with Crippen molar-refractivity contribution in [3.63, 3.8) is 0 Å². The third-order valence-electron chi connectivity index (χ3n) is 1.88. The molecule has 4 nitrogen and oxygen atoms in total. The van der Waals surface area contributed by atoms with Crippen molar-refractivity contribution in [2.75, 3.05) is 13.6 Å². The lowest BCUT2D eigenvalue weighted by molar-refractivity contribution is -0.137. The Kier molecular flexibility index (Phi) is 4.72. The number of carboxylic acid groups (broad SMARTS) is 1. The number of rotatable bonds is 3. The van der Waals surface area contributed by atoms with Crippen LogP contribution in [-0.2, 0) is 4.79 Å². The molecule has 0 aliphatic rings. The zero-order chi connectivity index (χ0) is 12.3. The van der Waals surface area contributed by atoms with E-state index in [9.17, 15) is 9.59 Å². The molecule has 0 radical (unpaired) electrons. The molecular weight excluding hydrogens is 389 g/mol. The maximum atomic E-state index is 11.9. The minimum absolute atomic E-state index is 0.309. The average Bonchev–Trinajstić information content (AvgIpc) is 2.19. The second-order valence-electron chi connectivity index (χ2n) is 3.18. The summed E-state index contributed by atoms with van der Waals surface area (Å²) in [4.78, 5) is 23.5. The van der Waals surface area contributed by atoms with Gasteiger partial charge in [0.05, 0.1) is 5.56 Å². The minimum Gasteiger partial charge on any atom is -0.480 e. The number of aliphatic carboxylic acids is 1. The molecular formula is C10H9BrINO3. The van der Waals surface area contributed by atoms with E-state index < -0.39 is 5.97 Å². The molecule has 1 aromatic carbocycles. The van der Waals surface area contributed by atoms with Gasteiger partial charge in [-0.05, 0) is 56.7 Å². The fourth-order valence-electron chi connectivity index (χ4n) is 1.14. The topological polar surface area (TPSA) is 57.6 Å². The van der Waals surface area contributed by atoms with Gasteiger partial charge in [-0.3, -0.25) is 9.59 Å². The number of carboxylic acids is 1. The summed E-state index contributed by atoms with van der Waals surface area (Å²) in [6.45, 7) is -0.309. The number of carbonyl (C=O) groups excluding carboxylic acids is 1. The van der Waals surface area contributed by atoms with E-state index in [2.05, 4.69) is 38.5 Å². The summed E-state index contributed by atoms with van der Waals surface area (Å²) in [5, 5.41) is 8.60. The first-order chi connectivity index (χ1) is 7.41. The lowest BCUT2D eigenvalue weighted by Crippen LogP contribution is -2.32. The molecule has 0 aliphatic carbocycles. The molecule has 0 bridgehead atoms. The Bertz CT molecular complexity index is 436. The number of carbonyl (C=O) groups is 2. The smallest absolute Gasteiger partial charge is 0.323 e. The van der Waals surface area contributed by atoms with Crippen molar-refractivity contribution in [1.29, 1.82) is 0 Å². The number of hydrogen-bond acceptors (Lipinski definition) is 2. The first kappa shape index (κ1) is 13.4. The molecule has 1 amide bonds. The van der Waals surface area contributed by atoms with Gasteiger partial charge in [0.15, 0.2) is 0 Å². The summed E-state index contributed by atoms with van der Waals surface area (Å²) in [5.41, 5.74) is 0.468. The van der Waals surface area contributed by atoms with Crippen molar-refractivity contribution >= 4 is 50.4 Å². The Hall–Kier alpha value is -0.630. The van der Waals surface area contributed by atoms with Crippen LogP contribution in [0.4, 0.5) is 0 Å². The fraction of sp³-hybridized carbons (Fsp3) is 0.200. The Morgan fingerprint density at radius 3 is 2.69 bits per heavy atom. The normalized spacial score (nSPS) is 9.94. The molecule has 0 unspecified atom stereocenters. The third-order valence-corrected chi connectivity index (χ3v) is 3.24. The molecule has 6 heteroatoms. The van der Waals surface area contributed by atoms with E-state index in [4.69, 9.17) is 5.11 Å². The van der Waals surface area contributed by atoms with Gasteiger partial charge in [0, 0.05) is 15.1 Å². The number of amides is 1. The van der Waals surface area contributed by atoms with Crippen LogP contribution in [0.1, 0.15) is 10.4 Å². The van der Waals surface area contributed by atoms with Crippen LogP contribution in [0.15, 0.2) is 22.7 Å². The molecule has 1 N–H and O–H groups in total. The molecule has 0 fully saturated rings. The first-order valence-electron chi connectivity index (χ1n) is 4.34. The van der Waals surface area contributed by atoms with E-state index in [-0.39, 0.29) is 12.5 Å². The highest BCUT2D eigenvalue weighted by Gasteiger charge is 2.17. The minimum atomic E-state index is -1.03. The standard InChI is InChI=1S/C10H9BrINO3/c1-13(5-9(14)15)10(16)7-4-6(12)2-3-8(7)11/h2-4H,5H2,1H3,(H,14,15). The van der Waals surface area contributed by atoms with Crippen molar-refractivity contribution in [3.05, 3.63) is 31.8 Å². The molecule has 1 rings (SSSR count). The van der Waals surface area contributed by atoms with E-state index in [0.29, 0.717) is 10.0 Å². The molecule has 1 aromatic rings. The largest absolute Gasteiger partial charge is 0.480 e. The number of hydrogen-bond donors (Lipinski definition) is 1. The van der Waals surface area contributed by atoms with Crippen LogP contribution in [-0.4, -0.2) is 35.5 Å². The van der Waals surface area contributed by atoms with Gasteiger partial charge in [0.2, 0.25) is 0 Å². The molecule has 0 spiro atoms. The Morgan fingerprint density at radius 1 is 1.50 bits per heavy atom. The van der Waals surface area contributed by atoms with E-state index in [0.717, 1.165) is 3.57 Å². The summed E-state index contributed by atoms with van der Waals surface area (Å²) in [5.74, 6) is -1.34. The summed E-state index contributed by atoms with van der Waals surface area (Å²) < 4.78 is 1.59. The molecule has 0 aromatic heterocycles. The monoisotopic (exact) mass is 397 g/mol. The Balaban J connectivity index is 2.95. The van der Waals surface area contributed by atoms with Crippen LogP contribution >= 0.6 is 38.5 Å². The molecule has 16 heavy (non-hydrogen) atoms. The highest BCUT2D eigenvalue weighted by molar-refractivity contribution is 14.1. The van der Waals surface area contributed by atoms with E-state index in [1.807, 2.05) is 6.07 Å².